The first-order valence-electron chi connectivity index (χ1n) is 11.7. The largest absolute Gasteiger partial charge is 0.417 e. The molecule has 0 unspecified atom stereocenters. The van der Waals surface area contributed by atoms with E-state index < -0.39 is 11.7 Å². The molecular weight excluding hydrogens is 455 g/mol. The minimum Gasteiger partial charge on any atom is -0.354 e. The summed E-state index contributed by atoms with van der Waals surface area (Å²) >= 11 is 0. The van der Waals surface area contributed by atoms with Crippen molar-refractivity contribution in [1.82, 2.24) is 19.8 Å². The van der Waals surface area contributed by atoms with Gasteiger partial charge in [0, 0.05) is 62.6 Å². The molecule has 1 aromatic carbocycles. The Balaban J connectivity index is 1.14. The smallest absolute Gasteiger partial charge is 0.354 e. The van der Waals surface area contributed by atoms with E-state index in [1.165, 1.54) is 11.6 Å². The number of alkyl halides is 3. The summed E-state index contributed by atoms with van der Waals surface area (Å²) in [6.07, 6.45) is 1.20. The summed E-state index contributed by atoms with van der Waals surface area (Å²) < 4.78 is 38.3. The first-order chi connectivity index (χ1) is 16.9. The van der Waals surface area contributed by atoms with Crippen molar-refractivity contribution in [1.29, 1.82) is 0 Å². The Bertz CT molecular complexity index is 1230. The molecule has 1 fully saturated rings. The molecule has 0 bridgehead atoms. The summed E-state index contributed by atoms with van der Waals surface area (Å²) in [4.78, 5) is 27.4. The molecule has 6 nitrogen and oxygen atoms in total. The van der Waals surface area contributed by atoms with Crippen LogP contribution in [0.15, 0.2) is 60.9 Å². The SMILES string of the molecule is O=C(CN1CCN(c2ccc(C(F)(F)F)cn2)CC1)N1CC=C(c2cccc3cccnc23)CC1. The van der Waals surface area contributed by atoms with Crippen LogP contribution in [0.5, 0.6) is 0 Å². The number of carbonyl (C=O) groups is 1. The Morgan fingerprint density at radius 1 is 0.943 bits per heavy atom. The minimum absolute atomic E-state index is 0.0949. The molecule has 4 heterocycles. The molecule has 2 aliphatic heterocycles. The zero-order valence-electron chi connectivity index (χ0n) is 19.2. The van der Waals surface area contributed by atoms with E-state index in [0.717, 1.165) is 35.2 Å². The highest BCUT2D eigenvalue weighted by Crippen LogP contribution is 2.30. The number of anilines is 1. The van der Waals surface area contributed by atoms with Crippen LogP contribution in [-0.4, -0.2) is 71.5 Å². The number of nitrogens with zero attached hydrogens (tertiary/aromatic N) is 5. The molecule has 182 valence electrons. The van der Waals surface area contributed by atoms with Crippen molar-refractivity contribution in [2.24, 2.45) is 0 Å². The number of halogens is 3. The van der Waals surface area contributed by atoms with Crippen LogP contribution >= 0.6 is 0 Å². The first kappa shape index (κ1) is 23.3. The Morgan fingerprint density at radius 3 is 2.43 bits per heavy atom. The van der Waals surface area contributed by atoms with Crippen molar-refractivity contribution in [2.75, 3.05) is 50.7 Å². The second kappa shape index (κ2) is 9.65. The van der Waals surface area contributed by atoms with Gasteiger partial charge in [-0.15, -0.1) is 0 Å². The summed E-state index contributed by atoms with van der Waals surface area (Å²) in [5.41, 5.74) is 2.58. The molecule has 1 amide bonds. The molecule has 2 aromatic heterocycles. The highest BCUT2D eigenvalue weighted by molar-refractivity contribution is 5.91. The summed E-state index contributed by atoms with van der Waals surface area (Å²) in [6.45, 7) is 4.13. The summed E-state index contributed by atoms with van der Waals surface area (Å²) in [7, 11) is 0. The van der Waals surface area contributed by atoms with Gasteiger partial charge < -0.3 is 9.80 Å². The van der Waals surface area contributed by atoms with Crippen LogP contribution in [0.25, 0.3) is 16.5 Å². The van der Waals surface area contributed by atoms with Gasteiger partial charge in [0.15, 0.2) is 0 Å². The van der Waals surface area contributed by atoms with Crippen LogP contribution in [-0.2, 0) is 11.0 Å². The lowest BCUT2D eigenvalue weighted by atomic mass is 9.97. The van der Waals surface area contributed by atoms with Crippen LogP contribution in [0.2, 0.25) is 0 Å². The number of aromatic nitrogens is 2. The third-order valence-electron chi connectivity index (χ3n) is 6.67. The topological polar surface area (TPSA) is 52.6 Å². The molecule has 0 N–H and O–H groups in total. The van der Waals surface area contributed by atoms with Crippen molar-refractivity contribution in [2.45, 2.75) is 12.6 Å². The number of carbonyl (C=O) groups excluding carboxylic acids is 1. The number of piperazine rings is 1. The van der Waals surface area contributed by atoms with Crippen molar-refractivity contribution in [3.05, 3.63) is 72.1 Å². The molecule has 0 spiro atoms. The van der Waals surface area contributed by atoms with Crippen LogP contribution in [0, 0.1) is 0 Å². The fourth-order valence-corrected chi connectivity index (χ4v) is 4.67. The van der Waals surface area contributed by atoms with Gasteiger partial charge in [0.1, 0.15) is 5.82 Å². The van der Waals surface area contributed by atoms with Crippen LogP contribution < -0.4 is 4.90 Å². The number of benzene rings is 1. The minimum atomic E-state index is -4.39. The number of pyridine rings is 2. The average Bonchev–Trinajstić information content (AvgIpc) is 2.88. The number of hydrogen-bond donors (Lipinski definition) is 0. The summed E-state index contributed by atoms with van der Waals surface area (Å²) in [5, 5.41) is 1.11. The lowest BCUT2D eigenvalue weighted by molar-refractivity contribution is -0.137. The first-order valence-corrected chi connectivity index (χ1v) is 11.7. The molecule has 0 atom stereocenters. The molecular formula is C26H26F3N5O. The third kappa shape index (κ3) is 5.14. The van der Waals surface area contributed by atoms with Crippen molar-refractivity contribution in [3.8, 4) is 0 Å². The van der Waals surface area contributed by atoms with Gasteiger partial charge in [0.2, 0.25) is 5.91 Å². The van der Waals surface area contributed by atoms with E-state index in [1.54, 1.807) is 6.20 Å². The number of para-hydroxylation sites is 1. The van der Waals surface area contributed by atoms with Gasteiger partial charge in [0.05, 0.1) is 17.6 Å². The van der Waals surface area contributed by atoms with Gasteiger partial charge in [-0.2, -0.15) is 13.2 Å². The molecule has 0 radical (unpaired) electrons. The lowest BCUT2D eigenvalue weighted by Gasteiger charge is -2.36. The second-order valence-electron chi connectivity index (χ2n) is 8.87. The predicted molar refractivity (Wildman–Crippen MR) is 129 cm³/mol. The number of hydrogen-bond acceptors (Lipinski definition) is 5. The molecule has 5 rings (SSSR count). The van der Waals surface area contributed by atoms with Gasteiger partial charge in [-0.1, -0.05) is 30.3 Å². The van der Waals surface area contributed by atoms with Crippen molar-refractivity contribution in [3.63, 3.8) is 0 Å². The molecule has 35 heavy (non-hydrogen) atoms. The molecule has 0 aliphatic carbocycles. The van der Waals surface area contributed by atoms with Crippen LogP contribution in [0.1, 0.15) is 17.5 Å². The normalized spacial score (nSPS) is 17.5. The third-order valence-corrected chi connectivity index (χ3v) is 6.67. The highest BCUT2D eigenvalue weighted by atomic mass is 19.4. The molecule has 0 saturated carbocycles. The second-order valence-corrected chi connectivity index (χ2v) is 8.87. The fourth-order valence-electron chi connectivity index (χ4n) is 4.67. The number of amides is 1. The maximum atomic E-state index is 12.9. The van der Waals surface area contributed by atoms with E-state index in [1.807, 2.05) is 21.9 Å². The van der Waals surface area contributed by atoms with Crippen LogP contribution in [0.3, 0.4) is 0 Å². The van der Waals surface area contributed by atoms with E-state index in [2.05, 4.69) is 39.1 Å². The van der Waals surface area contributed by atoms with Gasteiger partial charge in [0.25, 0.3) is 0 Å². The monoisotopic (exact) mass is 481 g/mol. The molecule has 3 aromatic rings. The van der Waals surface area contributed by atoms with E-state index >= 15 is 0 Å². The van der Waals surface area contributed by atoms with E-state index in [4.69, 9.17) is 0 Å². The standard InChI is InChI=1S/C26H26F3N5O/c27-26(28,29)21-6-7-23(31-17-21)33-15-13-32(14-16-33)18-24(35)34-11-8-19(9-12-34)22-5-1-3-20-4-2-10-30-25(20)22/h1-8,10,17H,9,11-16,18H2. The fraction of sp³-hybridized carbons (Fsp3) is 0.346. The van der Waals surface area contributed by atoms with E-state index in [0.29, 0.717) is 51.6 Å². The number of rotatable bonds is 4. The Kier molecular flexibility index (Phi) is 6.42. The summed E-state index contributed by atoms with van der Waals surface area (Å²) in [6, 6.07) is 12.6. The zero-order valence-corrected chi connectivity index (χ0v) is 19.2. The Labute approximate surface area is 201 Å². The van der Waals surface area contributed by atoms with Gasteiger partial charge >= 0.3 is 6.18 Å². The molecule has 1 saturated heterocycles. The molecule has 2 aliphatic rings. The van der Waals surface area contributed by atoms with Gasteiger partial charge in [-0.3, -0.25) is 14.7 Å². The van der Waals surface area contributed by atoms with Crippen molar-refractivity contribution >= 4 is 28.2 Å². The van der Waals surface area contributed by atoms with E-state index in [9.17, 15) is 18.0 Å². The maximum Gasteiger partial charge on any atom is 0.417 e. The maximum absolute atomic E-state index is 12.9. The van der Waals surface area contributed by atoms with Crippen LogP contribution in [0.4, 0.5) is 19.0 Å². The Morgan fingerprint density at radius 2 is 1.74 bits per heavy atom. The van der Waals surface area contributed by atoms with E-state index in [-0.39, 0.29) is 5.91 Å². The molecule has 9 heteroatoms. The van der Waals surface area contributed by atoms with Crippen molar-refractivity contribution < 1.29 is 18.0 Å². The predicted octanol–water partition coefficient (Wildman–Crippen LogP) is 4.09. The Hall–Kier alpha value is -3.46. The highest BCUT2D eigenvalue weighted by Gasteiger charge is 2.31. The lowest BCUT2D eigenvalue weighted by Crippen LogP contribution is -2.50. The average molecular weight is 482 g/mol. The summed E-state index contributed by atoms with van der Waals surface area (Å²) in [5.74, 6) is 0.623. The zero-order chi connectivity index (χ0) is 24.4. The quantitative estimate of drug-likeness (QED) is 0.562. The number of fused-ring (bicyclic) bond motifs is 1. The van der Waals surface area contributed by atoms with Gasteiger partial charge in [-0.25, -0.2) is 4.98 Å². The van der Waals surface area contributed by atoms with Gasteiger partial charge in [-0.05, 0) is 30.2 Å².